The fourth-order valence-corrected chi connectivity index (χ4v) is 3.53. The molecule has 0 spiro atoms. The molecule has 0 saturated heterocycles. The average molecular weight is 396 g/mol. The van der Waals surface area contributed by atoms with Crippen molar-refractivity contribution in [2.75, 3.05) is 6.61 Å². The van der Waals surface area contributed by atoms with E-state index < -0.39 is 0 Å². The molecule has 1 aliphatic rings. The van der Waals surface area contributed by atoms with Crippen LogP contribution in [0.3, 0.4) is 0 Å². The van der Waals surface area contributed by atoms with Crippen molar-refractivity contribution < 1.29 is 9.53 Å². The van der Waals surface area contributed by atoms with Crippen LogP contribution in [0.15, 0.2) is 84.1 Å². The van der Waals surface area contributed by atoms with Gasteiger partial charge in [0.2, 0.25) is 0 Å². The highest BCUT2D eigenvalue weighted by atomic mass is 16.5. The van der Waals surface area contributed by atoms with Gasteiger partial charge in [-0.05, 0) is 35.7 Å². The molecule has 1 N–H and O–H groups in total. The first kappa shape index (κ1) is 18.1. The van der Waals surface area contributed by atoms with Gasteiger partial charge in [-0.3, -0.25) is 9.79 Å². The van der Waals surface area contributed by atoms with Crippen molar-refractivity contribution in [1.29, 1.82) is 0 Å². The molecule has 4 aromatic rings. The number of fused-ring (bicyclic) bond motifs is 2. The van der Waals surface area contributed by atoms with Crippen molar-refractivity contribution >= 4 is 23.5 Å². The van der Waals surface area contributed by atoms with Gasteiger partial charge in [0, 0.05) is 18.6 Å². The second kappa shape index (κ2) is 7.83. The van der Waals surface area contributed by atoms with Gasteiger partial charge >= 0.3 is 0 Å². The third kappa shape index (κ3) is 3.80. The predicted octanol–water partition coefficient (Wildman–Crippen LogP) is 3.82. The van der Waals surface area contributed by atoms with Crippen molar-refractivity contribution in [3.63, 3.8) is 0 Å². The third-order valence-corrected chi connectivity index (χ3v) is 5.04. The number of hydrogen-bond donors (Lipinski definition) is 1. The Morgan fingerprint density at radius 2 is 1.90 bits per heavy atom. The summed E-state index contributed by atoms with van der Waals surface area (Å²) < 4.78 is 7.57. The fourth-order valence-electron chi connectivity index (χ4n) is 3.53. The summed E-state index contributed by atoms with van der Waals surface area (Å²) in [4.78, 5) is 21.7. The molecule has 2 aromatic heterocycles. The van der Waals surface area contributed by atoms with Gasteiger partial charge in [-0.2, -0.15) is 0 Å². The van der Waals surface area contributed by atoms with E-state index in [0.717, 1.165) is 29.0 Å². The fraction of sp³-hybridized carbons (Fsp3) is 0.125. The molecule has 6 nitrogen and oxygen atoms in total. The monoisotopic (exact) mass is 396 g/mol. The first-order valence-electron chi connectivity index (χ1n) is 9.84. The molecule has 5 rings (SSSR count). The van der Waals surface area contributed by atoms with Crippen molar-refractivity contribution in [2.24, 2.45) is 4.99 Å². The van der Waals surface area contributed by atoms with Crippen LogP contribution in [0.5, 0.6) is 5.75 Å². The van der Waals surface area contributed by atoms with Gasteiger partial charge in [-0.15, -0.1) is 0 Å². The Morgan fingerprint density at radius 3 is 2.80 bits per heavy atom. The topological polar surface area (TPSA) is 68.0 Å². The van der Waals surface area contributed by atoms with E-state index in [4.69, 9.17) is 4.74 Å². The Morgan fingerprint density at radius 1 is 1.07 bits per heavy atom. The molecule has 6 heteroatoms. The normalized spacial score (nSPS) is 15.7. The molecule has 30 heavy (non-hydrogen) atoms. The number of aliphatic imine (C=N–C) groups is 1. The minimum atomic E-state index is -0.207. The highest BCUT2D eigenvalue weighted by Gasteiger charge is 2.22. The molecule has 0 aliphatic carbocycles. The maximum Gasteiger partial charge on any atom is 0.271 e. The number of nitrogens with one attached hydrogen (secondary N) is 1. The van der Waals surface area contributed by atoms with Crippen molar-refractivity contribution in [3.8, 4) is 5.75 Å². The van der Waals surface area contributed by atoms with Crippen LogP contribution in [-0.4, -0.2) is 34.2 Å². The summed E-state index contributed by atoms with van der Waals surface area (Å²) in [5, 5.41) is 3.03. The van der Waals surface area contributed by atoms with Gasteiger partial charge in [-0.25, -0.2) is 4.98 Å². The zero-order chi connectivity index (χ0) is 20.3. The van der Waals surface area contributed by atoms with Crippen LogP contribution in [0, 0.1) is 0 Å². The largest absolute Gasteiger partial charge is 0.491 e. The standard InChI is InChI=1S/C24H20N4O2/c29-24(26-20-12-18-8-4-5-9-22(18)30-16-20)21-15-28-14-19(10-11-23(28)27-21)25-13-17-6-2-1-3-7-17/h1-11,13-15,20H,12,16H2,(H,26,29)/t20-/m1/s1. The molecule has 1 amide bonds. The highest BCUT2D eigenvalue weighted by molar-refractivity contribution is 5.93. The number of pyridine rings is 1. The number of rotatable bonds is 4. The molecule has 0 unspecified atom stereocenters. The number of amides is 1. The lowest BCUT2D eigenvalue weighted by Gasteiger charge is -2.25. The summed E-state index contributed by atoms with van der Waals surface area (Å²) in [6, 6.07) is 21.5. The van der Waals surface area contributed by atoms with Crippen LogP contribution >= 0.6 is 0 Å². The summed E-state index contributed by atoms with van der Waals surface area (Å²) >= 11 is 0. The van der Waals surface area contributed by atoms with Gasteiger partial charge < -0.3 is 14.5 Å². The minimum absolute atomic E-state index is 0.0803. The van der Waals surface area contributed by atoms with Gasteiger partial charge in [0.1, 0.15) is 23.7 Å². The molecular weight excluding hydrogens is 376 g/mol. The second-order valence-electron chi connectivity index (χ2n) is 7.24. The molecule has 0 bridgehead atoms. The average Bonchev–Trinajstić information content (AvgIpc) is 3.22. The van der Waals surface area contributed by atoms with E-state index in [-0.39, 0.29) is 11.9 Å². The summed E-state index contributed by atoms with van der Waals surface area (Å²) in [7, 11) is 0. The van der Waals surface area contributed by atoms with Crippen LogP contribution in [0.1, 0.15) is 21.6 Å². The van der Waals surface area contributed by atoms with Crippen molar-refractivity contribution in [2.45, 2.75) is 12.5 Å². The Kier molecular flexibility index (Phi) is 4.73. The van der Waals surface area contributed by atoms with Gasteiger partial charge in [-0.1, -0.05) is 48.5 Å². The number of imidazole rings is 1. The van der Waals surface area contributed by atoms with Crippen LogP contribution in [0.4, 0.5) is 5.69 Å². The summed E-state index contributed by atoms with van der Waals surface area (Å²) in [6.45, 7) is 0.453. The van der Waals surface area contributed by atoms with Crippen LogP contribution in [0.25, 0.3) is 5.65 Å². The molecule has 0 saturated carbocycles. The quantitative estimate of drug-likeness (QED) is 0.533. The SMILES string of the molecule is O=C(N[C@H]1COc2ccccc2C1)c1cn2cc(N=Cc3ccccc3)ccc2n1. The van der Waals surface area contributed by atoms with E-state index in [9.17, 15) is 4.79 Å². The smallest absolute Gasteiger partial charge is 0.271 e. The Balaban J connectivity index is 1.30. The molecule has 1 aliphatic heterocycles. The van der Waals surface area contributed by atoms with Crippen LogP contribution in [-0.2, 0) is 6.42 Å². The summed E-state index contributed by atoms with van der Waals surface area (Å²) in [6.07, 6.45) is 6.14. The Bertz CT molecular complexity index is 1230. The number of hydrogen-bond acceptors (Lipinski definition) is 4. The summed E-state index contributed by atoms with van der Waals surface area (Å²) in [5.41, 5.74) is 3.99. The lowest BCUT2D eigenvalue weighted by molar-refractivity contribution is 0.0911. The highest BCUT2D eigenvalue weighted by Crippen LogP contribution is 2.24. The number of carbonyl (C=O) groups excluding carboxylic acids is 1. The van der Waals surface area contributed by atoms with Gasteiger partial charge in [0.15, 0.2) is 0 Å². The van der Waals surface area contributed by atoms with E-state index in [1.54, 1.807) is 6.20 Å². The molecule has 2 aromatic carbocycles. The molecule has 148 valence electrons. The number of aromatic nitrogens is 2. The number of nitrogens with zero attached hydrogens (tertiary/aromatic N) is 3. The van der Waals surface area contributed by atoms with E-state index in [1.807, 2.05) is 83.5 Å². The molecule has 3 heterocycles. The van der Waals surface area contributed by atoms with Crippen LogP contribution in [0.2, 0.25) is 0 Å². The second-order valence-corrected chi connectivity index (χ2v) is 7.24. The molecular formula is C24H20N4O2. The van der Waals surface area contributed by atoms with Crippen molar-refractivity contribution in [1.82, 2.24) is 14.7 Å². The Labute approximate surface area is 173 Å². The molecule has 0 fully saturated rings. The van der Waals surface area contributed by atoms with E-state index >= 15 is 0 Å². The third-order valence-electron chi connectivity index (χ3n) is 5.04. The molecule has 0 radical (unpaired) electrons. The molecule has 1 atom stereocenters. The minimum Gasteiger partial charge on any atom is -0.491 e. The van der Waals surface area contributed by atoms with E-state index in [1.165, 1.54) is 0 Å². The first-order chi connectivity index (χ1) is 14.7. The van der Waals surface area contributed by atoms with Crippen molar-refractivity contribution in [3.05, 3.63) is 95.9 Å². The number of carbonyl (C=O) groups is 1. The van der Waals surface area contributed by atoms with E-state index in [2.05, 4.69) is 15.3 Å². The van der Waals surface area contributed by atoms with E-state index in [0.29, 0.717) is 17.9 Å². The Hall–Kier alpha value is -3.93. The number of ether oxygens (including phenoxy) is 1. The summed E-state index contributed by atoms with van der Waals surface area (Å²) in [5.74, 6) is 0.681. The zero-order valence-electron chi connectivity index (χ0n) is 16.2. The number of benzene rings is 2. The zero-order valence-corrected chi connectivity index (χ0v) is 16.2. The van der Waals surface area contributed by atoms with Crippen LogP contribution < -0.4 is 10.1 Å². The lowest BCUT2D eigenvalue weighted by Crippen LogP contribution is -2.42. The predicted molar refractivity (Wildman–Crippen MR) is 116 cm³/mol. The maximum absolute atomic E-state index is 12.7. The maximum atomic E-state index is 12.7. The lowest BCUT2D eigenvalue weighted by atomic mass is 10.0. The van der Waals surface area contributed by atoms with Gasteiger partial charge in [0.25, 0.3) is 5.91 Å². The van der Waals surface area contributed by atoms with Gasteiger partial charge in [0.05, 0.1) is 11.7 Å². The first-order valence-corrected chi connectivity index (χ1v) is 9.84. The number of para-hydroxylation sites is 1.